The number of esters is 1. The van der Waals surface area contributed by atoms with Crippen molar-refractivity contribution in [3.63, 3.8) is 0 Å². The highest BCUT2D eigenvalue weighted by atomic mass is 16.5. The molecular weight excluding hydrogens is 316 g/mol. The Morgan fingerprint density at radius 2 is 1.76 bits per heavy atom. The number of hydrogen-bond acceptors (Lipinski definition) is 3. The Labute approximate surface area is 146 Å². The number of aryl methyl sites for hydroxylation is 1. The molecule has 1 heterocycles. The Morgan fingerprint density at radius 1 is 1.08 bits per heavy atom. The molecule has 5 heteroatoms. The quantitative estimate of drug-likeness (QED) is 0.728. The zero-order valence-corrected chi connectivity index (χ0v) is 14.2. The van der Waals surface area contributed by atoms with Gasteiger partial charge in [0.05, 0.1) is 11.6 Å². The number of aromatic nitrogens is 1. The molecule has 0 aliphatic rings. The fourth-order valence-electron chi connectivity index (χ4n) is 2.82. The molecule has 128 valence electrons. The molecule has 1 atom stereocenters. The van der Waals surface area contributed by atoms with Crippen molar-refractivity contribution in [2.75, 3.05) is 6.61 Å². The number of hydrogen-bond donors (Lipinski definition) is 1. The van der Waals surface area contributed by atoms with Gasteiger partial charge in [-0.05, 0) is 18.6 Å². The molecule has 0 spiro atoms. The smallest absolute Gasteiger partial charge is 0.340 e. The molecule has 1 aromatic heterocycles. The van der Waals surface area contributed by atoms with E-state index in [1.165, 1.54) is 0 Å². The van der Waals surface area contributed by atoms with Crippen LogP contribution in [0, 0.1) is 0 Å². The topological polar surface area (TPSA) is 60.3 Å². The van der Waals surface area contributed by atoms with Gasteiger partial charge in [0, 0.05) is 24.1 Å². The Hall–Kier alpha value is -3.08. The van der Waals surface area contributed by atoms with E-state index >= 15 is 0 Å². The number of benzene rings is 2. The second kappa shape index (κ2) is 7.21. The molecule has 2 aromatic carbocycles. The third-order valence-corrected chi connectivity index (χ3v) is 4.13. The van der Waals surface area contributed by atoms with Gasteiger partial charge in [-0.1, -0.05) is 48.5 Å². The number of nitrogens with zero attached hydrogens (tertiary/aromatic N) is 1. The van der Waals surface area contributed by atoms with Crippen LogP contribution in [0.4, 0.5) is 0 Å². The third kappa shape index (κ3) is 3.71. The second-order valence-corrected chi connectivity index (χ2v) is 5.95. The van der Waals surface area contributed by atoms with E-state index in [9.17, 15) is 9.59 Å². The van der Waals surface area contributed by atoms with Crippen LogP contribution in [0.2, 0.25) is 0 Å². The van der Waals surface area contributed by atoms with Gasteiger partial charge >= 0.3 is 5.97 Å². The summed E-state index contributed by atoms with van der Waals surface area (Å²) in [4.78, 5) is 24.4. The van der Waals surface area contributed by atoms with Crippen LogP contribution >= 0.6 is 0 Å². The average Bonchev–Trinajstić information content (AvgIpc) is 2.98. The van der Waals surface area contributed by atoms with Gasteiger partial charge in [0.25, 0.3) is 5.91 Å². The highest BCUT2D eigenvalue weighted by Gasteiger charge is 2.17. The van der Waals surface area contributed by atoms with Crippen molar-refractivity contribution in [2.45, 2.75) is 13.0 Å². The van der Waals surface area contributed by atoms with Crippen molar-refractivity contribution in [1.29, 1.82) is 0 Å². The van der Waals surface area contributed by atoms with Gasteiger partial charge in [-0.15, -0.1) is 0 Å². The number of rotatable bonds is 5. The van der Waals surface area contributed by atoms with E-state index in [1.54, 1.807) is 6.20 Å². The molecule has 0 aliphatic heterocycles. The molecule has 1 unspecified atom stereocenters. The van der Waals surface area contributed by atoms with Crippen molar-refractivity contribution < 1.29 is 14.3 Å². The SMILES string of the molecule is CC(NC(=O)COC(=O)c1cn(C)c2ccccc12)c1ccccc1. The summed E-state index contributed by atoms with van der Waals surface area (Å²) >= 11 is 0. The molecule has 0 radical (unpaired) electrons. The number of nitrogens with one attached hydrogen (secondary N) is 1. The number of para-hydroxylation sites is 1. The van der Waals surface area contributed by atoms with Crippen LogP contribution < -0.4 is 5.32 Å². The van der Waals surface area contributed by atoms with E-state index in [4.69, 9.17) is 4.74 Å². The molecule has 5 nitrogen and oxygen atoms in total. The first-order valence-electron chi connectivity index (χ1n) is 8.12. The summed E-state index contributed by atoms with van der Waals surface area (Å²) < 4.78 is 7.05. The predicted octanol–water partition coefficient (Wildman–Crippen LogP) is 3.21. The first kappa shape index (κ1) is 16.8. The summed E-state index contributed by atoms with van der Waals surface area (Å²) in [5, 5.41) is 3.64. The minimum atomic E-state index is -0.501. The van der Waals surface area contributed by atoms with Crippen LogP contribution in [0.5, 0.6) is 0 Å². The molecule has 0 bridgehead atoms. The maximum Gasteiger partial charge on any atom is 0.340 e. The summed E-state index contributed by atoms with van der Waals surface area (Å²) in [6, 6.07) is 17.1. The summed E-state index contributed by atoms with van der Waals surface area (Å²) in [7, 11) is 1.87. The Balaban J connectivity index is 1.61. The highest BCUT2D eigenvalue weighted by Crippen LogP contribution is 2.21. The molecule has 0 fully saturated rings. The second-order valence-electron chi connectivity index (χ2n) is 5.95. The van der Waals surface area contributed by atoms with Crippen molar-refractivity contribution in [2.24, 2.45) is 7.05 Å². The molecule has 3 rings (SSSR count). The van der Waals surface area contributed by atoms with Crippen molar-refractivity contribution in [1.82, 2.24) is 9.88 Å². The molecular formula is C20H20N2O3. The van der Waals surface area contributed by atoms with E-state index in [0.29, 0.717) is 5.56 Å². The lowest BCUT2D eigenvalue weighted by atomic mass is 10.1. The average molecular weight is 336 g/mol. The monoisotopic (exact) mass is 336 g/mol. The van der Waals surface area contributed by atoms with Crippen LogP contribution in [0.1, 0.15) is 28.9 Å². The molecule has 0 saturated heterocycles. The molecule has 0 saturated carbocycles. The van der Waals surface area contributed by atoms with Gasteiger partial charge < -0.3 is 14.6 Å². The van der Waals surface area contributed by atoms with Gasteiger partial charge in [-0.2, -0.15) is 0 Å². The lowest BCUT2D eigenvalue weighted by Crippen LogP contribution is -2.31. The number of amides is 1. The van der Waals surface area contributed by atoms with Crippen LogP contribution in [-0.4, -0.2) is 23.1 Å². The molecule has 3 aromatic rings. The van der Waals surface area contributed by atoms with E-state index < -0.39 is 5.97 Å². The first-order valence-corrected chi connectivity index (χ1v) is 8.12. The zero-order chi connectivity index (χ0) is 17.8. The highest BCUT2D eigenvalue weighted by molar-refractivity contribution is 6.04. The predicted molar refractivity (Wildman–Crippen MR) is 96.2 cm³/mol. The van der Waals surface area contributed by atoms with Crippen LogP contribution in [0.3, 0.4) is 0 Å². The minimum absolute atomic E-state index is 0.148. The van der Waals surface area contributed by atoms with E-state index in [2.05, 4.69) is 5.32 Å². The van der Waals surface area contributed by atoms with Gasteiger partial charge in [0.15, 0.2) is 6.61 Å². The Morgan fingerprint density at radius 3 is 2.52 bits per heavy atom. The van der Waals surface area contributed by atoms with E-state index in [-0.39, 0.29) is 18.6 Å². The molecule has 25 heavy (non-hydrogen) atoms. The summed E-state index contributed by atoms with van der Waals surface area (Å²) in [5.41, 5.74) is 2.40. The standard InChI is InChI=1S/C20H20N2O3/c1-14(15-8-4-3-5-9-15)21-19(23)13-25-20(24)17-12-22(2)18-11-7-6-10-16(17)18/h3-12,14H,13H2,1-2H3,(H,21,23). The summed E-state index contributed by atoms with van der Waals surface area (Å²) in [6.45, 7) is 1.58. The van der Waals surface area contributed by atoms with E-state index in [0.717, 1.165) is 16.5 Å². The van der Waals surface area contributed by atoms with Crippen molar-refractivity contribution in [3.8, 4) is 0 Å². The number of carbonyl (C=O) groups is 2. The molecule has 0 aliphatic carbocycles. The normalized spacial score (nSPS) is 11.9. The molecule has 1 N–H and O–H groups in total. The first-order chi connectivity index (χ1) is 12.1. The number of ether oxygens (including phenoxy) is 1. The van der Waals surface area contributed by atoms with Gasteiger partial charge in [0.1, 0.15) is 0 Å². The van der Waals surface area contributed by atoms with Crippen molar-refractivity contribution in [3.05, 3.63) is 71.9 Å². The number of fused-ring (bicyclic) bond motifs is 1. The van der Waals surface area contributed by atoms with Gasteiger partial charge in [0.2, 0.25) is 0 Å². The third-order valence-electron chi connectivity index (χ3n) is 4.13. The van der Waals surface area contributed by atoms with Crippen LogP contribution in [-0.2, 0) is 16.6 Å². The lowest BCUT2D eigenvalue weighted by molar-refractivity contribution is -0.124. The van der Waals surface area contributed by atoms with Crippen LogP contribution in [0.25, 0.3) is 10.9 Å². The Bertz CT molecular complexity index is 900. The lowest BCUT2D eigenvalue weighted by Gasteiger charge is -2.14. The largest absolute Gasteiger partial charge is 0.452 e. The van der Waals surface area contributed by atoms with Gasteiger partial charge in [-0.25, -0.2) is 4.79 Å². The maximum atomic E-state index is 12.3. The fourth-order valence-corrected chi connectivity index (χ4v) is 2.82. The zero-order valence-electron chi connectivity index (χ0n) is 14.2. The minimum Gasteiger partial charge on any atom is -0.452 e. The van der Waals surface area contributed by atoms with E-state index in [1.807, 2.05) is 73.1 Å². The van der Waals surface area contributed by atoms with Crippen molar-refractivity contribution >= 4 is 22.8 Å². The molecule has 1 amide bonds. The fraction of sp³-hybridized carbons (Fsp3) is 0.200. The van der Waals surface area contributed by atoms with Gasteiger partial charge in [-0.3, -0.25) is 4.79 Å². The summed E-state index contributed by atoms with van der Waals surface area (Å²) in [5.74, 6) is -0.829. The maximum absolute atomic E-state index is 12.3. The van der Waals surface area contributed by atoms with Crippen LogP contribution in [0.15, 0.2) is 60.8 Å². The summed E-state index contributed by atoms with van der Waals surface area (Å²) in [6.07, 6.45) is 1.72. The Kier molecular flexibility index (Phi) is 4.84. The number of carbonyl (C=O) groups excluding carboxylic acids is 2.